The Kier molecular flexibility index (Phi) is 10.1. The quantitative estimate of drug-likeness (QED) is 0.513. The van der Waals surface area contributed by atoms with Crippen LogP contribution in [0.5, 0.6) is 0 Å². The summed E-state index contributed by atoms with van der Waals surface area (Å²) in [4.78, 5) is 0. The highest BCUT2D eigenvalue weighted by Gasteiger charge is 2.08. The molecule has 0 N–H and O–H groups in total. The fraction of sp³-hybridized carbons (Fsp3) is 0.500. The van der Waals surface area contributed by atoms with Crippen molar-refractivity contribution in [1.29, 1.82) is 0 Å². The summed E-state index contributed by atoms with van der Waals surface area (Å²) in [6.07, 6.45) is 0. The van der Waals surface area contributed by atoms with Gasteiger partial charge in [-0.15, -0.1) is 6.58 Å². The molecule has 0 rings (SSSR count). The zero-order valence-electron chi connectivity index (χ0n) is 8.32. The Morgan fingerprint density at radius 2 is 1.75 bits per heavy atom. The second-order valence-electron chi connectivity index (χ2n) is 3.20. The van der Waals surface area contributed by atoms with Crippen molar-refractivity contribution in [2.45, 2.75) is 26.9 Å². The van der Waals surface area contributed by atoms with E-state index in [1.54, 1.807) is 0 Å². The predicted octanol–water partition coefficient (Wildman–Crippen LogP) is 3.39. The van der Waals surface area contributed by atoms with E-state index in [1.807, 2.05) is 18.8 Å². The van der Waals surface area contributed by atoms with Gasteiger partial charge in [-0.1, -0.05) is 30.1 Å². The summed E-state index contributed by atoms with van der Waals surface area (Å²) in [5, 5.41) is 0. The SMILES string of the molecule is C=C[Si](C)(C)Cl.CC(C)=C[SiH2]Cl. The molecule has 72 valence electrons. The number of halogens is 2. The molecule has 0 aliphatic rings. The molecule has 0 aromatic carbocycles. The first-order valence-corrected chi connectivity index (χ1v) is 10.9. The first-order valence-electron chi connectivity index (χ1n) is 3.85. The minimum atomic E-state index is -1.40. The Morgan fingerprint density at radius 3 is 1.75 bits per heavy atom. The van der Waals surface area contributed by atoms with Crippen LogP contribution in [0.15, 0.2) is 23.6 Å². The van der Waals surface area contributed by atoms with Crippen LogP contribution >= 0.6 is 22.2 Å². The molecule has 0 heterocycles. The van der Waals surface area contributed by atoms with Gasteiger partial charge >= 0.3 is 0 Å². The normalized spacial score (nSPS) is 10.5. The first kappa shape index (κ1) is 15.0. The number of rotatable bonds is 2. The van der Waals surface area contributed by atoms with Crippen LogP contribution in [0.25, 0.3) is 0 Å². The highest BCUT2D eigenvalue weighted by molar-refractivity contribution is 7.21. The highest BCUT2D eigenvalue weighted by atomic mass is 35.6. The maximum absolute atomic E-state index is 5.74. The van der Waals surface area contributed by atoms with Gasteiger partial charge in [-0.25, -0.2) is 0 Å². The standard InChI is InChI=1S/2C4H9ClSi/c1-4-6(2,3)5;1-4(2)3-6-5/h4H,1H2,2-3H3;3H,6H2,1-2H3. The lowest BCUT2D eigenvalue weighted by molar-refractivity contribution is 1.41. The van der Waals surface area contributed by atoms with Crippen LogP contribution in [-0.4, -0.2) is 16.2 Å². The summed E-state index contributed by atoms with van der Waals surface area (Å²) in [5.41, 5.74) is 5.30. The van der Waals surface area contributed by atoms with Gasteiger partial charge in [0.1, 0.15) is 8.83 Å². The third kappa shape index (κ3) is 22.4. The lowest BCUT2D eigenvalue weighted by atomic mass is 10.4. The fourth-order valence-corrected chi connectivity index (χ4v) is 1.39. The molecule has 0 saturated carbocycles. The Labute approximate surface area is 88.9 Å². The molecule has 0 atom stereocenters. The van der Waals surface area contributed by atoms with E-state index in [1.165, 1.54) is 5.57 Å². The molecule has 12 heavy (non-hydrogen) atoms. The Morgan fingerprint density at radius 1 is 1.42 bits per heavy atom. The number of allylic oxidation sites excluding steroid dienone is 1. The van der Waals surface area contributed by atoms with Crippen LogP contribution in [0.4, 0.5) is 0 Å². The van der Waals surface area contributed by atoms with Gasteiger partial charge in [0.05, 0.1) is 0 Å². The lowest BCUT2D eigenvalue weighted by Crippen LogP contribution is -2.10. The Balaban J connectivity index is 0. The van der Waals surface area contributed by atoms with E-state index >= 15 is 0 Å². The minimum absolute atomic E-state index is 0.323. The maximum atomic E-state index is 5.74. The predicted molar refractivity (Wildman–Crippen MR) is 67.4 cm³/mol. The third-order valence-corrected chi connectivity index (χ3v) is 3.84. The van der Waals surface area contributed by atoms with Crippen LogP contribution in [0, 0.1) is 0 Å². The smallest absolute Gasteiger partial charge is 0.171 e. The third-order valence-electron chi connectivity index (χ3n) is 0.971. The molecule has 0 unspecified atom stereocenters. The molecule has 0 aromatic rings. The van der Waals surface area contributed by atoms with Crippen LogP contribution in [0.3, 0.4) is 0 Å². The molecule has 0 aromatic heterocycles. The monoisotopic (exact) mass is 240 g/mol. The Bertz CT molecular complexity index is 144. The highest BCUT2D eigenvalue weighted by Crippen LogP contribution is 2.06. The van der Waals surface area contributed by atoms with Crippen molar-refractivity contribution in [1.82, 2.24) is 0 Å². The summed E-state index contributed by atoms with van der Waals surface area (Å²) in [5.74, 6) is 0. The molecule has 0 amide bonds. The second-order valence-corrected chi connectivity index (χ2v) is 11.3. The van der Waals surface area contributed by atoms with Crippen molar-refractivity contribution in [3.8, 4) is 0 Å². The van der Waals surface area contributed by atoms with Crippen molar-refractivity contribution in [2.24, 2.45) is 0 Å². The zero-order valence-corrected chi connectivity index (χ0v) is 12.3. The molecule has 0 aliphatic heterocycles. The van der Waals surface area contributed by atoms with Gasteiger partial charge in [0, 0.05) is 0 Å². The second kappa shape index (κ2) is 8.11. The van der Waals surface area contributed by atoms with E-state index in [2.05, 4.69) is 26.1 Å². The summed E-state index contributed by atoms with van der Waals surface area (Å²) >= 11 is 11.2. The fourth-order valence-electron chi connectivity index (χ4n) is 0.154. The van der Waals surface area contributed by atoms with E-state index < -0.39 is 7.38 Å². The van der Waals surface area contributed by atoms with E-state index in [0.717, 1.165) is 0 Å². The molecular formula is C8H18Cl2Si2. The van der Waals surface area contributed by atoms with Crippen LogP contribution in [0.1, 0.15) is 13.8 Å². The van der Waals surface area contributed by atoms with Crippen LogP contribution in [-0.2, 0) is 0 Å². The zero-order chi connectivity index (χ0) is 10.2. The molecule has 0 aliphatic carbocycles. The number of hydrogen-bond acceptors (Lipinski definition) is 0. The average molecular weight is 241 g/mol. The van der Waals surface area contributed by atoms with Crippen molar-refractivity contribution in [3.63, 3.8) is 0 Å². The van der Waals surface area contributed by atoms with E-state index in [9.17, 15) is 0 Å². The molecule has 0 bridgehead atoms. The van der Waals surface area contributed by atoms with Gasteiger partial charge in [-0.2, -0.15) is 22.2 Å². The van der Waals surface area contributed by atoms with Crippen molar-refractivity contribution in [3.05, 3.63) is 23.6 Å². The largest absolute Gasteiger partial charge is 0.173 e. The molecule has 0 fully saturated rings. The van der Waals surface area contributed by atoms with E-state index in [4.69, 9.17) is 22.2 Å². The van der Waals surface area contributed by atoms with Gasteiger partial charge < -0.3 is 0 Å². The maximum Gasteiger partial charge on any atom is 0.173 e. The van der Waals surface area contributed by atoms with Gasteiger partial charge in [0.25, 0.3) is 0 Å². The van der Waals surface area contributed by atoms with Gasteiger partial charge in [-0.05, 0) is 13.8 Å². The molecular weight excluding hydrogens is 223 g/mol. The van der Waals surface area contributed by atoms with E-state index in [0.29, 0.717) is 0 Å². The first-order chi connectivity index (χ1) is 5.33. The van der Waals surface area contributed by atoms with Crippen molar-refractivity contribution < 1.29 is 0 Å². The summed E-state index contributed by atoms with van der Waals surface area (Å²) in [6.45, 7) is 11.8. The summed E-state index contributed by atoms with van der Waals surface area (Å²) < 4.78 is 0. The molecule has 0 nitrogen and oxygen atoms in total. The molecule has 0 spiro atoms. The lowest BCUT2D eigenvalue weighted by Gasteiger charge is -2.00. The molecule has 0 saturated heterocycles. The van der Waals surface area contributed by atoms with Gasteiger partial charge in [0.15, 0.2) is 7.38 Å². The van der Waals surface area contributed by atoms with Gasteiger partial charge in [0.2, 0.25) is 0 Å². The minimum Gasteiger partial charge on any atom is -0.171 e. The topological polar surface area (TPSA) is 0 Å². The van der Waals surface area contributed by atoms with Crippen LogP contribution in [0.2, 0.25) is 13.1 Å². The Hall–Kier alpha value is 0.494. The van der Waals surface area contributed by atoms with Gasteiger partial charge in [-0.3, -0.25) is 0 Å². The van der Waals surface area contributed by atoms with Crippen LogP contribution < -0.4 is 0 Å². The summed E-state index contributed by atoms with van der Waals surface area (Å²) in [7, 11) is -1.72. The summed E-state index contributed by atoms with van der Waals surface area (Å²) in [6, 6.07) is 0. The average Bonchev–Trinajstić information content (AvgIpc) is 1.87. The van der Waals surface area contributed by atoms with E-state index in [-0.39, 0.29) is 8.83 Å². The number of hydrogen-bond donors (Lipinski definition) is 0. The van der Waals surface area contributed by atoms with Crippen molar-refractivity contribution >= 4 is 38.4 Å². The molecule has 0 radical (unpaired) electrons. The van der Waals surface area contributed by atoms with Crippen molar-refractivity contribution in [2.75, 3.05) is 0 Å². The molecule has 4 heteroatoms.